The van der Waals surface area contributed by atoms with Gasteiger partial charge in [0.25, 0.3) is 0 Å². The van der Waals surface area contributed by atoms with Gasteiger partial charge >= 0.3 is 0 Å². The summed E-state index contributed by atoms with van der Waals surface area (Å²) in [6.07, 6.45) is 3.47. The Morgan fingerprint density at radius 2 is 2.15 bits per heavy atom. The van der Waals surface area contributed by atoms with Gasteiger partial charge < -0.3 is 15.5 Å². The van der Waals surface area contributed by atoms with Gasteiger partial charge in [-0.3, -0.25) is 9.59 Å². The molecule has 5 rings (SSSR count). The van der Waals surface area contributed by atoms with Crippen LogP contribution in [0.5, 0.6) is 0 Å². The van der Waals surface area contributed by atoms with Gasteiger partial charge in [-0.05, 0) is 36.1 Å². The van der Waals surface area contributed by atoms with E-state index >= 15 is 0 Å². The summed E-state index contributed by atoms with van der Waals surface area (Å²) in [5, 5.41) is 13.6. The smallest absolute Gasteiger partial charge is 0.227 e. The van der Waals surface area contributed by atoms with Crippen LogP contribution >= 0.6 is 11.3 Å². The molecule has 4 heterocycles. The minimum absolute atomic E-state index is 0.0249. The van der Waals surface area contributed by atoms with Crippen molar-refractivity contribution in [1.29, 1.82) is 0 Å². The van der Waals surface area contributed by atoms with Gasteiger partial charge in [0.15, 0.2) is 5.65 Å². The van der Waals surface area contributed by atoms with Crippen LogP contribution in [0.1, 0.15) is 16.9 Å². The lowest BCUT2D eigenvalue weighted by molar-refractivity contribution is -0.126. The third kappa shape index (κ3) is 4.62. The first-order chi connectivity index (χ1) is 16.6. The van der Waals surface area contributed by atoms with Crippen molar-refractivity contribution in [2.24, 2.45) is 5.92 Å². The summed E-state index contributed by atoms with van der Waals surface area (Å²) >= 11 is 1.69. The van der Waals surface area contributed by atoms with Crippen LogP contribution in [0.4, 0.5) is 11.5 Å². The molecule has 10 heteroatoms. The quantitative estimate of drug-likeness (QED) is 0.406. The van der Waals surface area contributed by atoms with Crippen molar-refractivity contribution >= 4 is 45.7 Å². The largest absolute Gasteiger partial charge is 0.364 e. The molecule has 174 valence electrons. The van der Waals surface area contributed by atoms with Crippen LogP contribution in [-0.2, 0) is 22.7 Å². The molecule has 1 saturated heterocycles. The number of anilines is 2. The first-order valence-corrected chi connectivity index (χ1v) is 12.0. The minimum Gasteiger partial charge on any atom is -0.364 e. The second-order valence-corrected chi connectivity index (χ2v) is 9.33. The van der Waals surface area contributed by atoms with Crippen molar-refractivity contribution in [3.8, 4) is 0 Å². The SMILES string of the molecule is Cc1cccc(N2CC(C(=O)NCCn3ncc4c(NCc5cccs5)ncnc43)CC2=O)c1. The maximum absolute atomic E-state index is 12.7. The average molecular weight is 476 g/mol. The Labute approximate surface area is 200 Å². The summed E-state index contributed by atoms with van der Waals surface area (Å²) in [6, 6.07) is 11.9. The second kappa shape index (κ2) is 9.60. The van der Waals surface area contributed by atoms with E-state index in [1.54, 1.807) is 27.1 Å². The first kappa shape index (κ1) is 22.0. The summed E-state index contributed by atoms with van der Waals surface area (Å²) in [5.41, 5.74) is 2.63. The van der Waals surface area contributed by atoms with Crippen LogP contribution in [0, 0.1) is 12.8 Å². The monoisotopic (exact) mass is 475 g/mol. The zero-order valence-electron chi connectivity index (χ0n) is 18.8. The van der Waals surface area contributed by atoms with Crippen molar-refractivity contribution in [2.75, 3.05) is 23.3 Å². The number of hydrogen-bond donors (Lipinski definition) is 2. The van der Waals surface area contributed by atoms with Gasteiger partial charge in [0.1, 0.15) is 12.1 Å². The van der Waals surface area contributed by atoms with E-state index in [0.717, 1.165) is 22.5 Å². The number of carbonyl (C=O) groups is 2. The number of fused-ring (bicyclic) bond motifs is 1. The molecule has 0 bridgehead atoms. The molecule has 1 fully saturated rings. The highest BCUT2D eigenvalue weighted by atomic mass is 32.1. The molecule has 34 heavy (non-hydrogen) atoms. The summed E-state index contributed by atoms with van der Waals surface area (Å²) in [6.45, 7) is 3.93. The van der Waals surface area contributed by atoms with E-state index in [4.69, 9.17) is 0 Å². The van der Waals surface area contributed by atoms with Gasteiger partial charge in [-0.15, -0.1) is 11.3 Å². The molecule has 0 aliphatic carbocycles. The Bertz CT molecular complexity index is 1320. The Kier molecular flexibility index (Phi) is 6.22. The molecule has 0 radical (unpaired) electrons. The number of nitrogens with one attached hydrogen (secondary N) is 2. The number of aryl methyl sites for hydroxylation is 1. The van der Waals surface area contributed by atoms with Gasteiger partial charge in [0, 0.05) is 30.1 Å². The highest BCUT2D eigenvalue weighted by Gasteiger charge is 2.35. The molecule has 1 aromatic carbocycles. The lowest BCUT2D eigenvalue weighted by Gasteiger charge is -2.17. The number of aromatic nitrogens is 4. The maximum atomic E-state index is 12.7. The number of thiophene rings is 1. The Hall–Kier alpha value is -3.79. The molecule has 0 saturated carbocycles. The van der Waals surface area contributed by atoms with E-state index in [2.05, 4.69) is 31.8 Å². The predicted octanol–water partition coefficient (Wildman–Crippen LogP) is 2.98. The van der Waals surface area contributed by atoms with Crippen molar-refractivity contribution < 1.29 is 9.59 Å². The fourth-order valence-electron chi connectivity index (χ4n) is 4.14. The molecular formula is C24H25N7O2S. The molecule has 2 amide bonds. The molecule has 1 aliphatic heterocycles. The van der Waals surface area contributed by atoms with Crippen molar-refractivity contribution in [1.82, 2.24) is 25.1 Å². The highest BCUT2D eigenvalue weighted by Crippen LogP contribution is 2.26. The molecule has 0 spiro atoms. The van der Waals surface area contributed by atoms with Gasteiger partial charge in [-0.2, -0.15) is 5.10 Å². The molecule has 3 aromatic heterocycles. The van der Waals surface area contributed by atoms with Gasteiger partial charge in [-0.1, -0.05) is 18.2 Å². The summed E-state index contributed by atoms with van der Waals surface area (Å²) < 4.78 is 1.76. The third-order valence-electron chi connectivity index (χ3n) is 5.88. The maximum Gasteiger partial charge on any atom is 0.227 e. The van der Waals surface area contributed by atoms with E-state index in [9.17, 15) is 9.59 Å². The highest BCUT2D eigenvalue weighted by molar-refractivity contribution is 7.09. The van der Waals surface area contributed by atoms with Crippen LogP contribution < -0.4 is 15.5 Å². The number of hydrogen-bond acceptors (Lipinski definition) is 7. The van der Waals surface area contributed by atoms with Gasteiger partial charge in [0.05, 0.1) is 30.6 Å². The van der Waals surface area contributed by atoms with Crippen molar-refractivity contribution in [3.63, 3.8) is 0 Å². The lowest BCUT2D eigenvalue weighted by Crippen LogP contribution is -2.35. The van der Waals surface area contributed by atoms with Crippen LogP contribution in [-0.4, -0.2) is 44.7 Å². The van der Waals surface area contributed by atoms with Gasteiger partial charge in [0.2, 0.25) is 11.8 Å². The lowest BCUT2D eigenvalue weighted by atomic mass is 10.1. The standard InChI is InChI=1S/C24H25N7O2S/c1-16-4-2-5-18(10-16)30-14-17(11-21(30)32)24(33)25-7-8-31-23-20(13-29-31)22(27-15-28-23)26-12-19-6-3-9-34-19/h2-6,9-10,13,15,17H,7-8,11-12,14H2,1H3,(H,25,33)(H,26,27,28). The van der Waals surface area contributed by atoms with Gasteiger partial charge in [-0.25, -0.2) is 14.6 Å². The fourth-order valence-corrected chi connectivity index (χ4v) is 4.78. The van der Waals surface area contributed by atoms with E-state index < -0.39 is 0 Å². The zero-order valence-corrected chi connectivity index (χ0v) is 19.6. The number of benzene rings is 1. The van der Waals surface area contributed by atoms with E-state index in [1.165, 1.54) is 11.2 Å². The molecule has 1 aliphatic rings. The average Bonchev–Trinajstić information content (AvgIpc) is 3.58. The molecule has 2 N–H and O–H groups in total. The molecule has 9 nitrogen and oxygen atoms in total. The number of amides is 2. The van der Waals surface area contributed by atoms with Crippen LogP contribution in [0.15, 0.2) is 54.3 Å². The first-order valence-electron chi connectivity index (χ1n) is 11.2. The van der Waals surface area contributed by atoms with E-state index in [0.29, 0.717) is 31.8 Å². The summed E-state index contributed by atoms with van der Waals surface area (Å²) in [7, 11) is 0. The Balaban J connectivity index is 1.17. The van der Waals surface area contributed by atoms with E-state index in [-0.39, 0.29) is 24.2 Å². The number of carbonyl (C=O) groups excluding carboxylic acids is 2. The summed E-state index contributed by atoms with van der Waals surface area (Å²) in [5.74, 6) is 0.225. The van der Waals surface area contributed by atoms with Crippen LogP contribution in [0.25, 0.3) is 11.0 Å². The van der Waals surface area contributed by atoms with Crippen LogP contribution in [0.3, 0.4) is 0 Å². The third-order valence-corrected chi connectivity index (χ3v) is 6.75. The second-order valence-electron chi connectivity index (χ2n) is 8.30. The number of rotatable bonds is 8. The topological polar surface area (TPSA) is 105 Å². The fraction of sp³-hybridized carbons (Fsp3) is 0.292. The van der Waals surface area contributed by atoms with Crippen molar-refractivity contribution in [2.45, 2.75) is 26.4 Å². The van der Waals surface area contributed by atoms with E-state index in [1.807, 2.05) is 42.6 Å². The van der Waals surface area contributed by atoms with Crippen molar-refractivity contribution in [3.05, 3.63) is 64.7 Å². The normalized spacial score (nSPS) is 15.7. The zero-order chi connectivity index (χ0) is 23.5. The Morgan fingerprint density at radius 3 is 2.97 bits per heavy atom. The number of nitrogens with zero attached hydrogens (tertiary/aromatic N) is 5. The molecule has 1 atom stereocenters. The summed E-state index contributed by atoms with van der Waals surface area (Å²) in [4.78, 5) is 36.8. The minimum atomic E-state index is -0.363. The molecular weight excluding hydrogens is 450 g/mol. The van der Waals surface area contributed by atoms with Crippen LogP contribution in [0.2, 0.25) is 0 Å². The Morgan fingerprint density at radius 1 is 1.24 bits per heavy atom. The predicted molar refractivity (Wildman–Crippen MR) is 132 cm³/mol. The molecule has 1 unspecified atom stereocenters. The molecule has 4 aromatic rings.